The van der Waals surface area contributed by atoms with E-state index < -0.39 is 0 Å². The second-order valence-electron chi connectivity index (χ2n) is 8.87. The van der Waals surface area contributed by atoms with Gasteiger partial charge in [0.05, 0.1) is 57.5 Å². The Bertz CT molecular complexity index is 499. The molecule has 9 heteroatoms. The summed E-state index contributed by atoms with van der Waals surface area (Å²) in [6, 6.07) is 0. The van der Waals surface area contributed by atoms with Crippen molar-refractivity contribution in [3.8, 4) is 0 Å². The number of amides is 2. The van der Waals surface area contributed by atoms with Crippen LogP contribution in [0.2, 0.25) is 0 Å². The third-order valence-electron chi connectivity index (χ3n) is 4.68. The lowest BCUT2D eigenvalue weighted by Gasteiger charge is -2.29. The molecule has 0 aromatic heterocycles. The molecule has 0 unspecified atom stereocenters. The summed E-state index contributed by atoms with van der Waals surface area (Å²) in [5, 5.41) is 2.82. The third-order valence-corrected chi connectivity index (χ3v) is 4.68. The number of rotatable bonds is 22. The number of ether oxygens (including phenoxy) is 5. The van der Waals surface area contributed by atoms with Crippen molar-refractivity contribution in [1.82, 2.24) is 5.32 Å². The standard InChI is InChI=1S/C23H46N2O7/c1-6-11-25-21(27)8-13-29-18-19-32-23(4,5)10-15-31-22(2,3)9-14-30-17-16-28-12-7-20(24)26/h6-19H2,1-5H3,(H2,24,26)(H,25,27). The van der Waals surface area contributed by atoms with Gasteiger partial charge in [0, 0.05) is 26.0 Å². The lowest BCUT2D eigenvalue weighted by Crippen LogP contribution is -2.32. The summed E-state index contributed by atoms with van der Waals surface area (Å²) in [5.41, 5.74) is 4.42. The molecule has 0 saturated heterocycles. The Kier molecular flexibility index (Phi) is 17.5. The van der Waals surface area contributed by atoms with Crippen LogP contribution in [0, 0.1) is 0 Å². The van der Waals surface area contributed by atoms with Gasteiger partial charge in [-0.05, 0) is 47.0 Å². The Labute approximate surface area is 194 Å². The van der Waals surface area contributed by atoms with Gasteiger partial charge in [0.25, 0.3) is 0 Å². The van der Waals surface area contributed by atoms with Gasteiger partial charge < -0.3 is 34.7 Å². The van der Waals surface area contributed by atoms with Gasteiger partial charge in [0.15, 0.2) is 0 Å². The first-order chi connectivity index (χ1) is 15.1. The van der Waals surface area contributed by atoms with Gasteiger partial charge in [0.2, 0.25) is 11.8 Å². The summed E-state index contributed by atoms with van der Waals surface area (Å²) in [6.45, 7) is 14.6. The minimum atomic E-state index is -0.365. The molecule has 0 heterocycles. The Hall–Kier alpha value is -1.26. The molecule has 0 atom stereocenters. The van der Waals surface area contributed by atoms with E-state index in [0.717, 1.165) is 19.3 Å². The fourth-order valence-electron chi connectivity index (χ4n) is 2.53. The minimum Gasteiger partial charge on any atom is -0.379 e. The molecular weight excluding hydrogens is 416 g/mol. The van der Waals surface area contributed by atoms with Gasteiger partial charge in [0.1, 0.15) is 0 Å². The van der Waals surface area contributed by atoms with E-state index in [2.05, 4.69) is 5.32 Å². The van der Waals surface area contributed by atoms with E-state index in [1.54, 1.807) is 0 Å². The molecule has 190 valence electrons. The highest BCUT2D eigenvalue weighted by molar-refractivity contribution is 5.75. The molecule has 32 heavy (non-hydrogen) atoms. The van der Waals surface area contributed by atoms with Crippen molar-refractivity contribution in [3.63, 3.8) is 0 Å². The molecule has 2 amide bonds. The van der Waals surface area contributed by atoms with Crippen LogP contribution in [0.15, 0.2) is 0 Å². The molecule has 0 aromatic carbocycles. The largest absolute Gasteiger partial charge is 0.379 e. The molecule has 0 radical (unpaired) electrons. The lowest BCUT2D eigenvalue weighted by atomic mass is 10.0. The Morgan fingerprint density at radius 3 is 1.81 bits per heavy atom. The Balaban J connectivity index is 3.73. The molecule has 0 rings (SSSR count). The van der Waals surface area contributed by atoms with Crippen LogP contribution in [-0.4, -0.2) is 82.4 Å². The summed E-state index contributed by atoms with van der Waals surface area (Å²) in [6.07, 6.45) is 3.05. The summed E-state index contributed by atoms with van der Waals surface area (Å²) in [7, 11) is 0. The summed E-state index contributed by atoms with van der Waals surface area (Å²) >= 11 is 0. The summed E-state index contributed by atoms with van der Waals surface area (Å²) < 4.78 is 28.2. The highest BCUT2D eigenvalue weighted by atomic mass is 16.5. The van der Waals surface area contributed by atoms with E-state index in [9.17, 15) is 9.59 Å². The van der Waals surface area contributed by atoms with E-state index in [-0.39, 0.29) is 29.4 Å². The topological polar surface area (TPSA) is 118 Å². The van der Waals surface area contributed by atoms with Crippen molar-refractivity contribution in [2.75, 3.05) is 59.4 Å². The molecule has 9 nitrogen and oxygen atoms in total. The summed E-state index contributed by atoms with van der Waals surface area (Å²) in [5.74, 6) is -0.345. The number of nitrogens with two attached hydrogens (primary N) is 1. The third kappa shape index (κ3) is 20.6. The molecule has 0 aromatic rings. The predicted molar refractivity (Wildman–Crippen MR) is 123 cm³/mol. The van der Waals surface area contributed by atoms with Crippen LogP contribution >= 0.6 is 0 Å². The van der Waals surface area contributed by atoms with Crippen molar-refractivity contribution < 1.29 is 33.3 Å². The van der Waals surface area contributed by atoms with Crippen LogP contribution in [0.25, 0.3) is 0 Å². The van der Waals surface area contributed by atoms with Crippen molar-refractivity contribution in [3.05, 3.63) is 0 Å². The van der Waals surface area contributed by atoms with E-state index in [0.29, 0.717) is 65.8 Å². The summed E-state index contributed by atoms with van der Waals surface area (Å²) in [4.78, 5) is 22.1. The van der Waals surface area contributed by atoms with Crippen molar-refractivity contribution >= 4 is 11.8 Å². The SMILES string of the molecule is CCCNC(=O)CCOCCOC(C)(C)CCOC(C)(C)CCOCCOCCC(N)=O. The lowest BCUT2D eigenvalue weighted by molar-refractivity contribution is -0.123. The van der Waals surface area contributed by atoms with E-state index in [4.69, 9.17) is 29.4 Å². The molecule has 0 saturated carbocycles. The molecule has 0 spiro atoms. The van der Waals surface area contributed by atoms with Crippen LogP contribution in [0.5, 0.6) is 0 Å². The average Bonchev–Trinajstić information content (AvgIpc) is 2.70. The highest BCUT2D eigenvalue weighted by Gasteiger charge is 2.22. The van der Waals surface area contributed by atoms with Crippen molar-refractivity contribution in [2.45, 2.75) is 77.9 Å². The van der Waals surface area contributed by atoms with E-state index in [1.165, 1.54) is 0 Å². The van der Waals surface area contributed by atoms with Crippen LogP contribution in [-0.2, 0) is 33.3 Å². The van der Waals surface area contributed by atoms with Crippen LogP contribution in [0.3, 0.4) is 0 Å². The van der Waals surface area contributed by atoms with Crippen LogP contribution in [0.1, 0.15) is 66.7 Å². The molecule has 0 fully saturated rings. The predicted octanol–water partition coefficient (Wildman–Crippen LogP) is 2.20. The van der Waals surface area contributed by atoms with Crippen molar-refractivity contribution in [1.29, 1.82) is 0 Å². The zero-order valence-corrected chi connectivity index (χ0v) is 20.8. The number of carbonyl (C=O) groups excluding carboxylic acids is 2. The fraction of sp³-hybridized carbons (Fsp3) is 0.913. The Morgan fingerprint density at radius 1 is 0.719 bits per heavy atom. The Morgan fingerprint density at radius 2 is 1.22 bits per heavy atom. The van der Waals surface area contributed by atoms with E-state index in [1.807, 2.05) is 34.6 Å². The first-order valence-corrected chi connectivity index (χ1v) is 11.6. The number of primary amides is 1. The quantitative estimate of drug-likeness (QED) is 0.237. The maximum absolute atomic E-state index is 11.5. The van der Waals surface area contributed by atoms with Gasteiger partial charge in [-0.15, -0.1) is 0 Å². The smallest absolute Gasteiger partial charge is 0.222 e. The average molecular weight is 463 g/mol. The number of nitrogens with one attached hydrogen (secondary N) is 1. The molecule has 0 aliphatic heterocycles. The maximum Gasteiger partial charge on any atom is 0.222 e. The molecule has 3 N–H and O–H groups in total. The highest BCUT2D eigenvalue weighted by Crippen LogP contribution is 2.19. The number of hydrogen-bond acceptors (Lipinski definition) is 7. The maximum atomic E-state index is 11.5. The first-order valence-electron chi connectivity index (χ1n) is 11.6. The van der Waals surface area contributed by atoms with Crippen molar-refractivity contribution in [2.24, 2.45) is 5.73 Å². The molecule has 0 aliphatic carbocycles. The van der Waals surface area contributed by atoms with Gasteiger partial charge in [-0.1, -0.05) is 6.92 Å². The van der Waals surface area contributed by atoms with Crippen LogP contribution in [0.4, 0.5) is 0 Å². The second kappa shape index (κ2) is 18.2. The van der Waals surface area contributed by atoms with Gasteiger partial charge in [-0.2, -0.15) is 0 Å². The molecule has 0 bridgehead atoms. The first kappa shape index (κ1) is 30.7. The normalized spacial score (nSPS) is 12.2. The van der Waals surface area contributed by atoms with Crippen LogP contribution < -0.4 is 11.1 Å². The fourth-order valence-corrected chi connectivity index (χ4v) is 2.53. The molecule has 0 aliphatic rings. The van der Waals surface area contributed by atoms with Gasteiger partial charge in [-0.3, -0.25) is 9.59 Å². The van der Waals surface area contributed by atoms with E-state index >= 15 is 0 Å². The van der Waals surface area contributed by atoms with Gasteiger partial charge >= 0.3 is 0 Å². The molecular formula is C23H46N2O7. The monoisotopic (exact) mass is 462 g/mol. The minimum absolute atomic E-state index is 0.0202. The number of hydrogen-bond donors (Lipinski definition) is 2. The number of carbonyl (C=O) groups is 2. The second-order valence-corrected chi connectivity index (χ2v) is 8.87. The van der Waals surface area contributed by atoms with Gasteiger partial charge in [-0.25, -0.2) is 0 Å². The zero-order chi connectivity index (χ0) is 24.3. The zero-order valence-electron chi connectivity index (χ0n) is 20.8.